The van der Waals surface area contributed by atoms with E-state index < -0.39 is 17.5 Å². The Hall–Kier alpha value is -3.00. The molecular weight excluding hydrogens is 373 g/mol. The van der Waals surface area contributed by atoms with E-state index in [2.05, 4.69) is 20.4 Å². The molecule has 0 fully saturated rings. The zero-order valence-electron chi connectivity index (χ0n) is 14.9. The summed E-state index contributed by atoms with van der Waals surface area (Å²) < 4.78 is 20.1. The van der Waals surface area contributed by atoms with Gasteiger partial charge in [0.05, 0.1) is 12.4 Å². The van der Waals surface area contributed by atoms with Crippen LogP contribution in [0, 0.1) is 5.82 Å². The topological polar surface area (TPSA) is 81.9 Å². The number of rotatable bonds is 3. The largest absolute Gasteiger partial charge is 0.442 e. The average molecular weight is 390 g/mol. The average Bonchev–Trinajstić information content (AvgIpc) is 3.08. The second-order valence-electron chi connectivity index (χ2n) is 6.69. The number of aromatic nitrogens is 4. The molecule has 27 heavy (non-hydrogen) atoms. The first-order chi connectivity index (χ1) is 12.7. The molecule has 2 heterocycles. The first kappa shape index (κ1) is 18.8. The summed E-state index contributed by atoms with van der Waals surface area (Å²) in [5.74, 6) is -0.623. The van der Waals surface area contributed by atoms with E-state index >= 15 is 0 Å². The van der Waals surface area contributed by atoms with Gasteiger partial charge in [0.25, 0.3) is 0 Å². The van der Waals surface area contributed by atoms with Crippen LogP contribution in [-0.2, 0) is 4.74 Å². The van der Waals surface area contributed by atoms with E-state index in [0.29, 0.717) is 5.69 Å². The molecule has 0 aliphatic carbocycles. The summed E-state index contributed by atoms with van der Waals surface area (Å²) in [6.07, 6.45) is 3.59. The van der Waals surface area contributed by atoms with Crippen LogP contribution in [0.2, 0.25) is 5.28 Å². The summed E-state index contributed by atoms with van der Waals surface area (Å²) in [5, 5.41) is 6.82. The maximum atomic E-state index is 13.7. The van der Waals surface area contributed by atoms with Crippen LogP contribution in [0.5, 0.6) is 0 Å². The molecule has 140 valence electrons. The zero-order chi connectivity index (χ0) is 19.6. The molecule has 1 N–H and O–H groups in total. The Morgan fingerprint density at radius 2 is 1.89 bits per heavy atom. The van der Waals surface area contributed by atoms with Gasteiger partial charge in [0, 0.05) is 17.4 Å². The number of hydrogen-bond donors (Lipinski definition) is 1. The Morgan fingerprint density at radius 1 is 1.19 bits per heavy atom. The van der Waals surface area contributed by atoms with Gasteiger partial charge in [-0.25, -0.2) is 14.2 Å². The number of halogens is 2. The highest BCUT2D eigenvalue weighted by Gasteiger charge is 2.18. The van der Waals surface area contributed by atoms with Crippen molar-refractivity contribution >= 4 is 29.2 Å². The molecule has 0 radical (unpaired) electrons. The smallest absolute Gasteiger partial charge is 0.435 e. The molecule has 1 aromatic carbocycles. The predicted octanol–water partition coefficient (Wildman–Crippen LogP) is 4.66. The van der Waals surface area contributed by atoms with Gasteiger partial charge in [0.1, 0.15) is 5.60 Å². The van der Waals surface area contributed by atoms with Crippen LogP contribution < -0.4 is 5.32 Å². The van der Waals surface area contributed by atoms with E-state index in [0.717, 1.165) is 22.0 Å². The van der Waals surface area contributed by atoms with Crippen molar-refractivity contribution in [2.24, 2.45) is 0 Å². The summed E-state index contributed by atoms with van der Waals surface area (Å²) >= 11 is 5.68. The summed E-state index contributed by atoms with van der Waals surface area (Å²) in [7, 11) is 0. The van der Waals surface area contributed by atoms with Crippen molar-refractivity contribution in [1.29, 1.82) is 0 Å². The third-order valence-electron chi connectivity index (χ3n) is 3.36. The second-order valence-corrected chi connectivity index (χ2v) is 7.03. The zero-order valence-corrected chi connectivity index (χ0v) is 15.7. The number of carbonyl (C=O) groups excluding carboxylic acids is 1. The fourth-order valence-electron chi connectivity index (χ4n) is 2.20. The van der Waals surface area contributed by atoms with Crippen molar-refractivity contribution < 1.29 is 13.9 Å². The molecule has 9 heteroatoms. The highest BCUT2D eigenvalue weighted by atomic mass is 35.5. The molecule has 0 saturated carbocycles. The number of ether oxygens (including phenoxy) is 1. The lowest BCUT2D eigenvalue weighted by Gasteiger charge is -2.18. The van der Waals surface area contributed by atoms with Gasteiger partial charge < -0.3 is 10.1 Å². The molecule has 0 aliphatic heterocycles. The van der Waals surface area contributed by atoms with Gasteiger partial charge in [0.2, 0.25) is 5.28 Å². The van der Waals surface area contributed by atoms with Gasteiger partial charge in [-0.1, -0.05) is 12.1 Å². The fraction of sp³-hybridized carbons (Fsp3) is 0.222. The number of anilines is 2. The number of benzene rings is 1. The number of carbonyl (C=O) groups is 1. The third kappa shape index (κ3) is 4.79. The van der Waals surface area contributed by atoms with Crippen molar-refractivity contribution in [3.63, 3.8) is 0 Å². The normalized spacial score (nSPS) is 11.3. The maximum Gasteiger partial charge on any atom is 0.435 e. The van der Waals surface area contributed by atoms with Crippen LogP contribution in [0.25, 0.3) is 11.1 Å². The van der Waals surface area contributed by atoms with E-state index in [1.54, 1.807) is 57.4 Å². The number of nitrogens with one attached hydrogen (secondary N) is 1. The molecule has 0 unspecified atom stereocenters. The van der Waals surface area contributed by atoms with Crippen LogP contribution in [0.1, 0.15) is 20.8 Å². The van der Waals surface area contributed by atoms with Gasteiger partial charge in [-0.3, -0.25) is 0 Å². The first-order valence-corrected chi connectivity index (χ1v) is 8.42. The Kier molecular flexibility index (Phi) is 5.09. The predicted molar refractivity (Wildman–Crippen MR) is 99.6 cm³/mol. The van der Waals surface area contributed by atoms with Crippen LogP contribution in [0.4, 0.5) is 20.7 Å². The molecule has 3 aromatic rings. The summed E-state index contributed by atoms with van der Waals surface area (Å²) in [4.78, 5) is 19.4. The lowest BCUT2D eigenvalue weighted by molar-refractivity contribution is 0.0514. The second kappa shape index (κ2) is 7.32. The molecule has 0 atom stereocenters. The lowest BCUT2D eigenvalue weighted by Crippen LogP contribution is -2.27. The minimum Gasteiger partial charge on any atom is -0.442 e. The van der Waals surface area contributed by atoms with E-state index in [1.807, 2.05) is 0 Å². The highest BCUT2D eigenvalue weighted by molar-refractivity contribution is 6.28. The maximum absolute atomic E-state index is 13.7. The number of nitrogens with zero attached hydrogens (tertiary/aromatic N) is 4. The SMILES string of the molecule is CC(C)(C)OC(=O)n1cc(-c2ccc(Nc3nc(Cl)ncc3F)cc2)cn1. The van der Waals surface area contributed by atoms with Crippen molar-refractivity contribution in [3.8, 4) is 11.1 Å². The standard InChI is InChI=1S/C18H17ClFN5O2/c1-18(2,3)27-17(26)25-10-12(8-22-25)11-4-6-13(7-5-11)23-15-14(20)9-21-16(19)24-15/h4-10H,1-3H3,(H,21,23,24). The molecule has 0 spiro atoms. The van der Waals surface area contributed by atoms with E-state index in [9.17, 15) is 9.18 Å². The Bertz CT molecular complexity index is 967. The van der Waals surface area contributed by atoms with Crippen molar-refractivity contribution in [3.05, 3.63) is 54.0 Å². The van der Waals surface area contributed by atoms with Crippen molar-refractivity contribution in [2.45, 2.75) is 26.4 Å². The minimum absolute atomic E-state index is 0.0134. The van der Waals surface area contributed by atoms with Gasteiger partial charge in [-0.15, -0.1) is 0 Å². The molecular formula is C18H17ClFN5O2. The fourth-order valence-corrected chi connectivity index (χ4v) is 2.33. The Balaban J connectivity index is 1.74. The van der Waals surface area contributed by atoms with Crippen LogP contribution in [-0.4, -0.2) is 31.4 Å². The summed E-state index contributed by atoms with van der Waals surface area (Å²) in [6, 6.07) is 7.10. The number of hydrogen-bond acceptors (Lipinski definition) is 6. The van der Waals surface area contributed by atoms with Gasteiger partial charge in [0.15, 0.2) is 11.6 Å². The van der Waals surface area contributed by atoms with E-state index in [4.69, 9.17) is 16.3 Å². The quantitative estimate of drug-likeness (QED) is 0.656. The Morgan fingerprint density at radius 3 is 2.56 bits per heavy atom. The molecule has 0 aliphatic rings. The first-order valence-electron chi connectivity index (χ1n) is 8.05. The Labute approximate surface area is 160 Å². The molecule has 0 saturated heterocycles. The summed E-state index contributed by atoms with van der Waals surface area (Å²) in [6.45, 7) is 5.36. The molecule has 7 nitrogen and oxygen atoms in total. The van der Waals surface area contributed by atoms with Gasteiger partial charge in [-0.2, -0.15) is 14.8 Å². The van der Waals surface area contributed by atoms with E-state index in [1.165, 1.54) is 0 Å². The summed E-state index contributed by atoms with van der Waals surface area (Å²) in [5.41, 5.74) is 1.59. The minimum atomic E-state index is -0.609. The van der Waals surface area contributed by atoms with Crippen molar-refractivity contribution in [1.82, 2.24) is 19.7 Å². The van der Waals surface area contributed by atoms with Crippen molar-refractivity contribution in [2.75, 3.05) is 5.32 Å². The monoisotopic (exact) mass is 389 g/mol. The van der Waals surface area contributed by atoms with Crippen LogP contribution in [0.15, 0.2) is 42.9 Å². The molecule has 0 bridgehead atoms. The third-order valence-corrected chi connectivity index (χ3v) is 3.54. The molecule has 3 rings (SSSR count). The van der Waals surface area contributed by atoms with Gasteiger partial charge in [-0.05, 0) is 50.1 Å². The van der Waals surface area contributed by atoms with E-state index in [-0.39, 0.29) is 11.1 Å². The van der Waals surface area contributed by atoms with Gasteiger partial charge >= 0.3 is 6.09 Å². The molecule has 0 amide bonds. The van der Waals surface area contributed by atoms with Crippen LogP contribution >= 0.6 is 11.6 Å². The lowest BCUT2D eigenvalue weighted by atomic mass is 10.1. The highest BCUT2D eigenvalue weighted by Crippen LogP contribution is 2.24. The van der Waals surface area contributed by atoms with Crippen LogP contribution in [0.3, 0.4) is 0 Å². The molecule has 2 aromatic heterocycles.